The molecule has 0 aliphatic carbocycles. The minimum Gasteiger partial charge on any atom is -0.384 e. The van der Waals surface area contributed by atoms with Crippen LogP contribution >= 0.6 is 23.2 Å². The number of hydrogen-bond donors (Lipinski definition) is 3. The number of piperidine rings is 1. The molecule has 2 aromatic heterocycles. The average Bonchev–Trinajstić information content (AvgIpc) is 3.76. The van der Waals surface area contributed by atoms with Crippen molar-refractivity contribution in [1.82, 2.24) is 24.9 Å². The molecule has 0 amide bonds. The minimum absolute atomic E-state index is 0.0298. The third kappa shape index (κ3) is 6.26. The van der Waals surface area contributed by atoms with Crippen molar-refractivity contribution >= 4 is 56.9 Å². The molecular weight excluding hydrogens is 648 g/mol. The van der Waals surface area contributed by atoms with Crippen LogP contribution in [0.4, 0.5) is 27.1 Å². The van der Waals surface area contributed by atoms with Crippen LogP contribution in [0.3, 0.4) is 0 Å². The fourth-order valence-electron chi connectivity index (χ4n) is 6.80. The van der Waals surface area contributed by atoms with E-state index in [4.69, 9.17) is 28.3 Å². The summed E-state index contributed by atoms with van der Waals surface area (Å²) in [6, 6.07) is 16.5. The highest BCUT2D eigenvalue weighted by atomic mass is 35.5. The smallest absolute Gasteiger partial charge is 0.141 e. The van der Waals surface area contributed by atoms with Gasteiger partial charge in [0.15, 0.2) is 0 Å². The Kier molecular flexibility index (Phi) is 8.62. The van der Waals surface area contributed by atoms with Crippen molar-refractivity contribution in [2.45, 2.75) is 57.7 Å². The van der Waals surface area contributed by atoms with Gasteiger partial charge in [0.25, 0.3) is 0 Å². The summed E-state index contributed by atoms with van der Waals surface area (Å²) < 4.78 is 16.0. The number of hydrogen-bond acceptors (Lipinski definition) is 8. The van der Waals surface area contributed by atoms with Gasteiger partial charge in [0, 0.05) is 53.8 Å². The number of nitrogens with one attached hydrogen (secondary N) is 3. The Balaban J connectivity index is 1.27. The quantitative estimate of drug-likeness (QED) is 0.157. The third-order valence-electron chi connectivity index (χ3n) is 9.37. The molecule has 1 saturated heterocycles. The van der Waals surface area contributed by atoms with Crippen molar-refractivity contribution in [2.24, 2.45) is 0 Å². The number of rotatable bonds is 7. The number of pyridine rings is 1. The first-order valence-corrected chi connectivity index (χ1v) is 16.9. The van der Waals surface area contributed by atoms with Crippen LogP contribution in [0.1, 0.15) is 68.1 Å². The molecule has 3 N–H and O–H groups in total. The molecule has 9 nitrogen and oxygen atoms in total. The first-order chi connectivity index (χ1) is 23.1. The molecule has 3 aromatic carbocycles. The Bertz CT molecular complexity index is 2040. The van der Waals surface area contributed by atoms with Gasteiger partial charge in [0.2, 0.25) is 0 Å². The van der Waals surface area contributed by atoms with E-state index in [1.54, 1.807) is 6.07 Å². The summed E-state index contributed by atoms with van der Waals surface area (Å²) in [5.41, 5.74) is 6.95. The molecule has 0 unspecified atom stereocenters. The first kappa shape index (κ1) is 32.1. The molecule has 0 spiro atoms. The molecule has 4 heterocycles. The van der Waals surface area contributed by atoms with Gasteiger partial charge in [0.05, 0.1) is 45.1 Å². The number of anilines is 4. The molecule has 5 aromatic rings. The molecule has 0 bridgehead atoms. The van der Waals surface area contributed by atoms with E-state index in [-0.39, 0.29) is 22.6 Å². The summed E-state index contributed by atoms with van der Waals surface area (Å²) in [6.07, 6.45) is 6.45. The fourth-order valence-corrected chi connectivity index (χ4v) is 7.25. The third-order valence-corrected chi connectivity index (χ3v) is 9.95. The highest BCUT2D eigenvalue weighted by Gasteiger charge is 2.30. The normalized spacial score (nSPS) is 15.9. The zero-order valence-corrected chi connectivity index (χ0v) is 28.5. The highest BCUT2D eigenvalue weighted by Crippen LogP contribution is 2.39. The van der Waals surface area contributed by atoms with Gasteiger partial charge >= 0.3 is 0 Å². The van der Waals surface area contributed by atoms with Crippen molar-refractivity contribution in [3.05, 3.63) is 99.2 Å². The largest absolute Gasteiger partial charge is 0.384 e. The molecule has 1 atom stereocenters. The van der Waals surface area contributed by atoms with E-state index in [1.807, 2.05) is 16.8 Å². The van der Waals surface area contributed by atoms with Crippen molar-refractivity contribution in [2.75, 3.05) is 35.6 Å². The number of nitrogens with zero attached hydrogens (tertiary/aromatic N) is 6. The summed E-state index contributed by atoms with van der Waals surface area (Å²) in [5, 5.41) is 30.8. The molecule has 1 fully saturated rings. The van der Waals surface area contributed by atoms with Crippen LogP contribution < -0.4 is 16.0 Å². The predicted octanol–water partition coefficient (Wildman–Crippen LogP) is 8.49. The zero-order valence-electron chi connectivity index (χ0n) is 27.0. The molecular formula is C36H36Cl2FN9. The summed E-state index contributed by atoms with van der Waals surface area (Å²) >= 11 is 12.9. The second-order valence-corrected chi connectivity index (χ2v) is 14.2. The molecule has 48 heavy (non-hydrogen) atoms. The van der Waals surface area contributed by atoms with E-state index in [9.17, 15) is 9.65 Å². The SMILES string of the molecule is CC(C)(C)N1CCC(n2cc([C@@H](Nc3cc(Cl)c4ncc(C#N)c(Nc5ccc(F)c(Cl)c5)c4c3)c3cccc4c3CCN4)nn2)CC1. The van der Waals surface area contributed by atoms with Crippen LogP contribution in [0.5, 0.6) is 0 Å². The van der Waals surface area contributed by atoms with Crippen LogP contribution in [0.25, 0.3) is 10.9 Å². The lowest BCUT2D eigenvalue weighted by Gasteiger charge is -2.40. The van der Waals surface area contributed by atoms with Crippen LogP contribution in [0, 0.1) is 17.1 Å². The lowest BCUT2D eigenvalue weighted by atomic mass is 9.95. The van der Waals surface area contributed by atoms with Gasteiger partial charge < -0.3 is 16.0 Å². The fraction of sp³-hybridized carbons (Fsp3) is 0.333. The Labute approximate surface area is 289 Å². The summed E-state index contributed by atoms with van der Waals surface area (Å²) in [5.74, 6) is -0.530. The van der Waals surface area contributed by atoms with E-state index in [1.165, 1.54) is 23.9 Å². The molecule has 2 aliphatic heterocycles. The van der Waals surface area contributed by atoms with Gasteiger partial charge in [-0.3, -0.25) is 9.88 Å². The summed E-state index contributed by atoms with van der Waals surface area (Å²) in [6.45, 7) is 9.67. The van der Waals surface area contributed by atoms with Gasteiger partial charge in [-0.05, 0) is 87.6 Å². The monoisotopic (exact) mass is 683 g/mol. The predicted molar refractivity (Wildman–Crippen MR) is 190 cm³/mol. The maximum Gasteiger partial charge on any atom is 0.141 e. The summed E-state index contributed by atoms with van der Waals surface area (Å²) in [7, 11) is 0. The Morgan fingerprint density at radius 3 is 2.60 bits per heavy atom. The summed E-state index contributed by atoms with van der Waals surface area (Å²) in [4.78, 5) is 7.02. The lowest BCUT2D eigenvalue weighted by Crippen LogP contribution is -2.46. The van der Waals surface area contributed by atoms with Crippen molar-refractivity contribution in [3.8, 4) is 6.07 Å². The van der Waals surface area contributed by atoms with Crippen molar-refractivity contribution < 1.29 is 4.39 Å². The zero-order chi connectivity index (χ0) is 33.6. The second-order valence-electron chi connectivity index (χ2n) is 13.4. The van der Waals surface area contributed by atoms with Gasteiger partial charge in [-0.1, -0.05) is 40.5 Å². The van der Waals surface area contributed by atoms with E-state index in [0.717, 1.165) is 55.8 Å². The van der Waals surface area contributed by atoms with Gasteiger partial charge in [-0.15, -0.1) is 5.10 Å². The maximum absolute atomic E-state index is 13.9. The number of likely N-dealkylation sites (tertiary alicyclic amines) is 1. The van der Waals surface area contributed by atoms with Gasteiger partial charge in [0.1, 0.15) is 17.6 Å². The van der Waals surface area contributed by atoms with E-state index in [2.05, 4.69) is 82.3 Å². The average molecular weight is 685 g/mol. The van der Waals surface area contributed by atoms with Crippen molar-refractivity contribution in [1.29, 1.82) is 5.26 Å². The molecule has 0 saturated carbocycles. The molecule has 7 rings (SSSR count). The number of fused-ring (bicyclic) bond motifs is 2. The van der Waals surface area contributed by atoms with Gasteiger partial charge in [-0.25, -0.2) is 9.07 Å². The van der Waals surface area contributed by atoms with E-state index >= 15 is 0 Å². The van der Waals surface area contributed by atoms with E-state index in [0.29, 0.717) is 38.6 Å². The Morgan fingerprint density at radius 1 is 1.06 bits per heavy atom. The number of halogens is 3. The Hall–Kier alpha value is -4.43. The van der Waals surface area contributed by atoms with Crippen molar-refractivity contribution in [3.63, 3.8) is 0 Å². The molecule has 246 valence electrons. The number of nitriles is 1. The lowest BCUT2D eigenvalue weighted by molar-refractivity contribution is 0.0866. The maximum atomic E-state index is 13.9. The highest BCUT2D eigenvalue weighted by molar-refractivity contribution is 6.36. The minimum atomic E-state index is -0.530. The first-order valence-electron chi connectivity index (χ1n) is 16.1. The second kappa shape index (κ2) is 12.9. The van der Waals surface area contributed by atoms with Crippen LogP contribution in [0.2, 0.25) is 10.0 Å². The molecule has 2 aliphatic rings. The topological polar surface area (TPSA) is 107 Å². The van der Waals surface area contributed by atoms with E-state index < -0.39 is 5.82 Å². The van der Waals surface area contributed by atoms with Crippen LogP contribution in [0.15, 0.2) is 60.9 Å². The molecule has 0 radical (unpaired) electrons. The standard InChI is InChI=1S/C36H36Cl2FN9/c1-36(2,3)47-13-10-24(11-14-47)48-20-32(45-46-48)35(26-5-4-6-31-25(26)9-12-41-31)44-23-15-27-33(43-22-7-8-30(39)28(37)16-22)21(18-40)19-42-34(27)29(38)17-23/h4-8,15-17,19-20,24,35,41,44H,9-14H2,1-3H3,(H,42,43)/t35-/m0/s1. The molecule has 12 heteroatoms. The van der Waals surface area contributed by atoms with Crippen LogP contribution in [-0.4, -0.2) is 50.1 Å². The van der Waals surface area contributed by atoms with Crippen LogP contribution in [-0.2, 0) is 6.42 Å². The number of benzene rings is 3. The number of aromatic nitrogens is 4. The van der Waals surface area contributed by atoms with Gasteiger partial charge in [-0.2, -0.15) is 5.26 Å². The Morgan fingerprint density at radius 2 is 1.85 bits per heavy atom.